The number of methoxy groups -OCH3 is 1. The van der Waals surface area contributed by atoms with Gasteiger partial charge in [0, 0.05) is 7.11 Å². The Morgan fingerprint density at radius 1 is 0.688 bits per heavy atom. The van der Waals surface area contributed by atoms with E-state index in [0.29, 0.717) is 12.9 Å². The first-order valence-corrected chi connectivity index (χ1v) is 13.4. The molecule has 0 aliphatic rings. The van der Waals surface area contributed by atoms with Crippen LogP contribution in [0.15, 0.2) is 91.0 Å². The Bertz CT molecular complexity index is 762. The van der Waals surface area contributed by atoms with Crippen LogP contribution in [0.4, 0.5) is 0 Å². The molecule has 32 heavy (non-hydrogen) atoms. The van der Waals surface area contributed by atoms with Crippen LogP contribution in [0, 0.1) is 0 Å². The van der Waals surface area contributed by atoms with Gasteiger partial charge in [-0.15, -0.1) is 0 Å². The minimum absolute atomic E-state index is 0. The van der Waals surface area contributed by atoms with Crippen LogP contribution in [0.25, 0.3) is 0 Å². The Hall–Kier alpha value is -1.26. The molecule has 0 bridgehead atoms. The molecule has 0 heterocycles. The van der Waals surface area contributed by atoms with E-state index in [1.165, 1.54) is 34.9 Å². The molecule has 2 nitrogen and oxygen atoms in total. The highest BCUT2D eigenvalue weighted by atomic mass is 127. The molecule has 3 rings (SSSR count). The summed E-state index contributed by atoms with van der Waals surface area (Å²) in [5, 5.41) is 4.40. The Balaban J connectivity index is 0.00000363. The van der Waals surface area contributed by atoms with Crippen molar-refractivity contribution in [1.29, 1.82) is 0 Å². The number of benzene rings is 3. The molecule has 1 atom stereocenters. The van der Waals surface area contributed by atoms with Gasteiger partial charge in [0.15, 0.2) is 0 Å². The molecule has 0 saturated heterocycles. The molecule has 0 aliphatic heterocycles. The summed E-state index contributed by atoms with van der Waals surface area (Å²) in [5.74, 6) is 0. The third-order valence-corrected chi connectivity index (χ3v) is 10.4. The summed E-state index contributed by atoms with van der Waals surface area (Å²) < 4.78 is 11.0. The minimum atomic E-state index is -1.72. The first kappa shape index (κ1) is 27.0. The third-order valence-electron chi connectivity index (χ3n) is 5.89. The van der Waals surface area contributed by atoms with E-state index in [0.717, 1.165) is 19.3 Å². The fourth-order valence-corrected chi connectivity index (χ4v) is 8.81. The number of unbranched alkanes of at least 4 members (excludes halogenated alkanes) is 1. The number of halogens is 1. The van der Waals surface area contributed by atoms with Crippen molar-refractivity contribution in [3.05, 3.63) is 91.0 Å². The molecule has 0 radical (unpaired) electrons. The summed E-state index contributed by atoms with van der Waals surface area (Å²) in [6.07, 6.45) is 7.15. The second-order valence-corrected chi connectivity index (χ2v) is 11.6. The Morgan fingerprint density at radius 3 is 1.56 bits per heavy atom. The first-order chi connectivity index (χ1) is 15.3. The molecular weight excluding hydrogens is 526 g/mol. The number of hydrogen-bond donors (Lipinski definition) is 0. The van der Waals surface area contributed by atoms with Crippen molar-refractivity contribution in [2.24, 2.45) is 0 Å². The summed E-state index contributed by atoms with van der Waals surface area (Å²) in [6, 6.07) is 33.5. The minimum Gasteiger partial charge on any atom is -1.00 e. The molecule has 0 aliphatic carbocycles. The zero-order valence-electron chi connectivity index (χ0n) is 19.3. The molecule has 172 valence electrons. The van der Waals surface area contributed by atoms with E-state index in [4.69, 9.17) is 9.47 Å². The van der Waals surface area contributed by atoms with Crippen LogP contribution in [0.3, 0.4) is 0 Å². The number of hydrogen-bond acceptors (Lipinski definition) is 2. The lowest BCUT2D eigenvalue weighted by Crippen LogP contribution is -3.00. The van der Waals surface area contributed by atoms with Crippen molar-refractivity contribution in [1.82, 2.24) is 0 Å². The molecule has 3 aromatic carbocycles. The van der Waals surface area contributed by atoms with Gasteiger partial charge in [-0.05, 0) is 62.1 Å². The van der Waals surface area contributed by atoms with Crippen molar-refractivity contribution in [3.8, 4) is 0 Å². The Labute approximate surface area is 212 Å². The van der Waals surface area contributed by atoms with Gasteiger partial charge in [-0.25, -0.2) is 0 Å². The average Bonchev–Trinajstić information content (AvgIpc) is 2.84. The predicted octanol–water partition coefficient (Wildman–Crippen LogP) is 2.94. The molecule has 4 heteroatoms. The molecule has 3 aromatic rings. The second-order valence-electron chi connectivity index (χ2n) is 8.02. The number of rotatable bonds is 13. The highest BCUT2D eigenvalue weighted by molar-refractivity contribution is 7.95. The monoisotopic (exact) mass is 562 g/mol. The van der Waals surface area contributed by atoms with E-state index < -0.39 is 7.26 Å². The lowest BCUT2D eigenvalue weighted by atomic mass is 10.1. The molecule has 0 N–H and O–H groups in total. The lowest BCUT2D eigenvalue weighted by molar-refractivity contribution is -0.0770. The average molecular weight is 562 g/mol. The molecule has 0 saturated carbocycles. The summed E-state index contributed by atoms with van der Waals surface area (Å²) in [5.41, 5.74) is 0. The van der Waals surface area contributed by atoms with E-state index in [2.05, 4.69) is 97.9 Å². The molecular formula is C28H36IO2P. The first-order valence-electron chi connectivity index (χ1n) is 11.5. The van der Waals surface area contributed by atoms with E-state index in [1.807, 2.05) is 0 Å². The van der Waals surface area contributed by atoms with Crippen molar-refractivity contribution in [2.75, 3.05) is 20.1 Å². The summed E-state index contributed by atoms with van der Waals surface area (Å²) in [4.78, 5) is 0. The predicted molar refractivity (Wildman–Crippen MR) is 136 cm³/mol. The van der Waals surface area contributed by atoms with Crippen LogP contribution >= 0.6 is 7.26 Å². The zero-order valence-corrected chi connectivity index (χ0v) is 22.4. The summed E-state index contributed by atoms with van der Waals surface area (Å²) >= 11 is 0. The zero-order chi connectivity index (χ0) is 21.8. The van der Waals surface area contributed by atoms with Crippen LogP contribution in [0.1, 0.15) is 39.0 Å². The fraction of sp³-hybridized carbons (Fsp3) is 0.357. The topological polar surface area (TPSA) is 18.5 Å². The standard InChI is InChI=1S/C28H36O2P.HI/c1-3-15-25(30-24-29-2)16-13-14-23-31(26-17-7-4-8-18-26,27-19-9-5-10-20-27)28-21-11-6-12-22-28;/h4-12,17-22,25H,3,13-16,23-24H2,1-2H3;1H/q+1;/p-1/t25-;/m1./s1. The van der Waals surface area contributed by atoms with Crippen molar-refractivity contribution < 1.29 is 33.5 Å². The van der Waals surface area contributed by atoms with Crippen LogP contribution in [-0.4, -0.2) is 26.2 Å². The lowest BCUT2D eigenvalue weighted by Gasteiger charge is -2.28. The van der Waals surface area contributed by atoms with Gasteiger partial charge < -0.3 is 33.5 Å². The van der Waals surface area contributed by atoms with Crippen LogP contribution in [-0.2, 0) is 9.47 Å². The van der Waals surface area contributed by atoms with E-state index in [9.17, 15) is 0 Å². The van der Waals surface area contributed by atoms with Crippen molar-refractivity contribution in [3.63, 3.8) is 0 Å². The number of ether oxygens (including phenoxy) is 2. The SMILES string of the molecule is CCC[C@H](CCCC[P+](c1ccccc1)(c1ccccc1)c1ccccc1)OCOC.[I-]. The maximum atomic E-state index is 5.90. The van der Waals surface area contributed by atoms with Crippen LogP contribution < -0.4 is 39.9 Å². The van der Waals surface area contributed by atoms with Gasteiger partial charge in [0.05, 0.1) is 12.3 Å². The van der Waals surface area contributed by atoms with Gasteiger partial charge in [-0.1, -0.05) is 67.9 Å². The summed E-state index contributed by atoms with van der Waals surface area (Å²) in [7, 11) is -0.0194. The molecule has 0 aromatic heterocycles. The van der Waals surface area contributed by atoms with E-state index in [1.54, 1.807) is 7.11 Å². The van der Waals surface area contributed by atoms with Gasteiger partial charge in [0.1, 0.15) is 30.0 Å². The smallest absolute Gasteiger partial charge is 0.146 e. The normalized spacial score (nSPS) is 12.2. The molecule has 0 spiro atoms. The molecule has 0 fully saturated rings. The van der Waals surface area contributed by atoms with Gasteiger partial charge in [-0.3, -0.25) is 0 Å². The maximum absolute atomic E-state index is 5.90. The highest BCUT2D eigenvalue weighted by Crippen LogP contribution is 2.56. The Morgan fingerprint density at radius 2 is 1.16 bits per heavy atom. The maximum Gasteiger partial charge on any atom is 0.146 e. The molecule has 0 amide bonds. The van der Waals surface area contributed by atoms with Gasteiger partial charge >= 0.3 is 0 Å². The van der Waals surface area contributed by atoms with E-state index >= 15 is 0 Å². The highest BCUT2D eigenvalue weighted by Gasteiger charge is 2.44. The van der Waals surface area contributed by atoms with Gasteiger partial charge in [-0.2, -0.15) is 0 Å². The summed E-state index contributed by atoms with van der Waals surface area (Å²) in [6.45, 7) is 2.61. The fourth-order valence-electron chi connectivity index (χ4n) is 4.40. The second kappa shape index (κ2) is 14.8. The van der Waals surface area contributed by atoms with E-state index in [-0.39, 0.29) is 24.0 Å². The molecule has 0 unspecified atom stereocenters. The van der Waals surface area contributed by atoms with Crippen LogP contribution in [0.2, 0.25) is 0 Å². The van der Waals surface area contributed by atoms with Crippen LogP contribution in [0.5, 0.6) is 0 Å². The Kier molecular flexibility index (Phi) is 12.5. The largest absolute Gasteiger partial charge is 1.00 e. The quantitative estimate of drug-likeness (QED) is 0.138. The third kappa shape index (κ3) is 7.12. The van der Waals surface area contributed by atoms with Crippen molar-refractivity contribution in [2.45, 2.75) is 45.1 Å². The van der Waals surface area contributed by atoms with Gasteiger partial charge in [0.2, 0.25) is 0 Å². The van der Waals surface area contributed by atoms with Crippen molar-refractivity contribution >= 4 is 23.2 Å². The van der Waals surface area contributed by atoms with Gasteiger partial charge in [0.25, 0.3) is 0 Å².